The second-order valence-corrected chi connectivity index (χ2v) is 11.4. The molecule has 11 heteroatoms. The normalized spacial score (nSPS) is 25.1. The summed E-state index contributed by atoms with van der Waals surface area (Å²) in [6.45, 7) is 4.83. The number of benzene rings is 1. The molecule has 0 saturated carbocycles. The van der Waals surface area contributed by atoms with Crippen LogP contribution in [0.5, 0.6) is 11.5 Å². The van der Waals surface area contributed by atoms with E-state index in [1.54, 1.807) is 38.1 Å². The van der Waals surface area contributed by atoms with Gasteiger partial charge in [-0.25, -0.2) is 13.2 Å². The van der Waals surface area contributed by atoms with Crippen LogP contribution in [0.1, 0.15) is 46.7 Å². The summed E-state index contributed by atoms with van der Waals surface area (Å²) in [6, 6.07) is 5.81. The maximum atomic E-state index is 13.3. The first kappa shape index (κ1) is 22.5. The highest BCUT2D eigenvalue weighted by Crippen LogP contribution is 2.38. The number of hydrogen-bond acceptors (Lipinski definition) is 7. The minimum atomic E-state index is -3.09. The number of ether oxygens (including phenoxy) is 2. The SMILES string of the molecule is Cc1cc(C(=O)CN2C(=O)N[C@](C)(c3ccc4c(c3)OCO4)C2=O)c(C)n1[C@@H]1CCS(=O)(=O)C1. The lowest BCUT2D eigenvalue weighted by molar-refractivity contribution is -0.130. The lowest BCUT2D eigenvalue weighted by Crippen LogP contribution is -2.41. The number of nitrogens with zero attached hydrogens (tertiary/aromatic N) is 2. The fraction of sp³-hybridized carbons (Fsp3) is 0.435. The molecule has 2 saturated heterocycles. The van der Waals surface area contributed by atoms with E-state index in [0.29, 0.717) is 34.7 Å². The number of amides is 3. The van der Waals surface area contributed by atoms with Crippen LogP contribution in [0.4, 0.5) is 4.79 Å². The van der Waals surface area contributed by atoms with Crippen molar-refractivity contribution in [3.05, 3.63) is 46.8 Å². The van der Waals surface area contributed by atoms with E-state index >= 15 is 0 Å². The van der Waals surface area contributed by atoms with E-state index in [0.717, 1.165) is 10.6 Å². The molecule has 1 aromatic heterocycles. The zero-order chi connectivity index (χ0) is 24.4. The van der Waals surface area contributed by atoms with Gasteiger partial charge in [0.1, 0.15) is 5.54 Å². The number of hydrogen-bond donors (Lipinski definition) is 1. The van der Waals surface area contributed by atoms with E-state index in [1.165, 1.54) is 0 Å². The van der Waals surface area contributed by atoms with E-state index in [2.05, 4.69) is 5.32 Å². The lowest BCUT2D eigenvalue weighted by Gasteiger charge is -2.22. The number of aromatic nitrogens is 1. The minimum absolute atomic E-state index is 0.0396. The summed E-state index contributed by atoms with van der Waals surface area (Å²) < 4.78 is 36.4. The Balaban J connectivity index is 1.38. The number of carbonyl (C=O) groups is 3. The third kappa shape index (κ3) is 3.46. The smallest absolute Gasteiger partial charge is 0.325 e. The van der Waals surface area contributed by atoms with Crippen LogP contribution in [-0.4, -0.2) is 60.4 Å². The van der Waals surface area contributed by atoms with Gasteiger partial charge in [0.2, 0.25) is 6.79 Å². The molecule has 34 heavy (non-hydrogen) atoms. The van der Waals surface area contributed by atoms with Gasteiger partial charge in [-0.2, -0.15) is 0 Å². The maximum Gasteiger partial charge on any atom is 0.325 e. The van der Waals surface area contributed by atoms with Gasteiger partial charge in [0, 0.05) is 23.0 Å². The highest BCUT2D eigenvalue weighted by molar-refractivity contribution is 7.91. The summed E-state index contributed by atoms with van der Waals surface area (Å²) in [4.78, 5) is 40.1. The lowest BCUT2D eigenvalue weighted by atomic mass is 9.91. The quantitative estimate of drug-likeness (QED) is 0.504. The average molecular weight is 488 g/mol. The van der Waals surface area contributed by atoms with Gasteiger partial charge in [0.05, 0.1) is 18.1 Å². The maximum absolute atomic E-state index is 13.3. The van der Waals surface area contributed by atoms with Crippen molar-refractivity contribution in [2.45, 2.75) is 38.8 Å². The predicted octanol–water partition coefficient (Wildman–Crippen LogP) is 1.84. The highest BCUT2D eigenvalue weighted by atomic mass is 32.2. The number of sulfone groups is 1. The molecule has 3 aliphatic heterocycles. The van der Waals surface area contributed by atoms with Crippen LogP contribution in [0.25, 0.3) is 0 Å². The molecule has 1 N–H and O–H groups in total. The molecule has 0 spiro atoms. The van der Waals surface area contributed by atoms with Crippen LogP contribution in [0, 0.1) is 13.8 Å². The van der Waals surface area contributed by atoms with Crippen LogP contribution < -0.4 is 14.8 Å². The topological polar surface area (TPSA) is 124 Å². The number of Topliss-reactive ketones (excluding diaryl/α,β-unsaturated/α-hetero) is 1. The van der Waals surface area contributed by atoms with Gasteiger partial charge in [0.25, 0.3) is 5.91 Å². The molecule has 5 rings (SSSR count). The molecule has 2 aromatic rings. The van der Waals surface area contributed by atoms with E-state index in [-0.39, 0.29) is 24.3 Å². The molecule has 0 bridgehead atoms. The molecule has 1 aromatic carbocycles. The van der Waals surface area contributed by atoms with Gasteiger partial charge in [-0.05, 0) is 51.0 Å². The van der Waals surface area contributed by atoms with Gasteiger partial charge in [0.15, 0.2) is 27.1 Å². The van der Waals surface area contributed by atoms with Gasteiger partial charge >= 0.3 is 6.03 Å². The predicted molar refractivity (Wildman–Crippen MR) is 121 cm³/mol. The van der Waals surface area contributed by atoms with Crippen LogP contribution in [0.2, 0.25) is 0 Å². The first-order chi connectivity index (χ1) is 16.0. The van der Waals surface area contributed by atoms with Crippen molar-refractivity contribution in [3.63, 3.8) is 0 Å². The fourth-order valence-corrected chi connectivity index (χ4v) is 6.77. The number of ketones is 1. The molecule has 2 atom stereocenters. The number of rotatable bonds is 5. The number of carbonyl (C=O) groups excluding carboxylic acids is 3. The first-order valence-corrected chi connectivity index (χ1v) is 12.8. The molecule has 3 aliphatic rings. The van der Waals surface area contributed by atoms with Crippen molar-refractivity contribution < 1.29 is 32.3 Å². The second kappa shape index (κ2) is 7.59. The fourth-order valence-electron chi connectivity index (χ4n) is 5.07. The van der Waals surface area contributed by atoms with Crippen molar-refractivity contribution in [2.75, 3.05) is 24.8 Å². The third-order valence-electron chi connectivity index (χ3n) is 6.88. The summed E-state index contributed by atoms with van der Waals surface area (Å²) in [5.74, 6) is 0.272. The van der Waals surface area contributed by atoms with Crippen LogP contribution in [0.3, 0.4) is 0 Å². The Labute approximate surface area is 196 Å². The Morgan fingerprint density at radius 3 is 2.62 bits per heavy atom. The van der Waals surface area contributed by atoms with Crippen LogP contribution in [-0.2, 0) is 20.2 Å². The van der Waals surface area contributed by atoms with Crippen molar-refractivity contribution in [2.24, 2.45) is 0 Å². The molecular weight excluding hydrogens is 462 g/mol. The second-order valence-electron chi connectivity index (χ2n) is 9.15. The molecule has 0 unspecified atom stereocenters. The summed E-state index contributed by atoms with van der Waals surface area (Å²) in [6.07, 6.45) is 0.493. The molecule has 2 fully saturated rings. The van der Waals surface area contributed by atoms with Crippen molar-refractivity contribution >= 4 is 27.6 Å². The highest BCUT2D eigenvalue weighted by Gasteiger charge is 2.50. The zero-order valence-corrected chi connectivity index (χ0v) is 19.9. The van der Waals surface area contributed by atoms with Crippen molar-refractivity contribution in [3.8, 4) is 11.5 Å². The molecular formula is C23H25N3O7S. The molecule has 180 valence electrons. The first-order valence-electron chi connectivity index (χ1n) is 11.0. The Hall–Kier alpha value is -3.34. The van der Waals surface area contributed by atoms with E-state index in [1.807, 2.05) is 11.5 Å². The summed E-state index contributed by atoms with van der Waals surface area (Å²) >= 11 is 0. The monoisotopic (exact) mass is 487 g/mol. The Kier molecular flexibility index (Phi) is 5.01. The number of fused-ring (bicyclic) bond motifs is 1. The average Bonchev–Trinajstić information content (AvgIpc) is 3.50. The summed E-state index contributed by atoms with van der Waals surface area (Å²) in [5.41, 5.74) is 0.943. The van der Waals surface area contributed by atoms with Gasteiger partial charge in [-0.3, -0.25) is 14.5 Å². The molecule has 0 aliphatic carbocycles. The summed E-state index contributed by atoms with van der Waals surface area (Å²) in [7, 11) is -3.09. The van der Waals surface area contributed by atoms with Crippen LogP contribution in [0.15, 0.2) is 24.3 Å². The Morgan fingerprint density at radius 1 is 1.18 bits per heavy atom. The number of imide groups is 1. The number of nitrogens with one attached hydrogen (secondary N) is 1. The molecule has 10 nitrogen and oxygen atoms in total. The standard InChI is InChI=1S/C23H25N3O7S/c1-13-8-17(14(2)26(13)16-6-7-34(30,31)11-16)18(27)10-25-21(28)23(3,24-22(25)29)15-4-5-19-20(9-15)33-12-32-19/h4-5,8-9,16H,6-7,10-12H2,1-3H3,(H,24,29)/t16-,23-/m1/s1. The van der Waals surface area contributed by atoms with Gasteiger partial charge in [-0.1, -0.05) is 6.07 Å². The molecule has 3 amide bonds. The van der Waals surface area contributed by atoms with Crippen molar-refractivity contribution in [1.82, 2.24) is 14.8 Å². The number of urea groups is 1. The minimum Gasteiger partial charge on any atom is -0.454 e. The molecule has 4 heterocycles. The third-order valence-corrected chi connectivity index (χ3v) is 8.64. The number of aryl methyl sites for hydroxylation is 1. The summed E-state index contributed by atoms with van der Waals surface area (Å²) in [5, 5.41) is 2.70. The van der Waals surface area contributed by atoms with Crippen LogP contribution >= 0.6 is 0 Å². The van der Waals surface area contributed by atoms with E-state index < -0.39 is 39.6 Å². The largest absolute Gasteiger partial charge is 0.454 e. The molecule has 0 radical (unpaired) electrons. The van der Waals surface area contributed by atoms with E-state index in [4.69, 9.17) is 9.47 Å². The Morgan fingerprint density at radius 2 is 1.91 bits per heavy atom. The van der Waals surface area contributed by atoms with Crippen molar-refractivity contribution in [1.29, 1.82) is 0 Å². The zero-order valence-electron chi connectivity index (χ0n) is 19.1. The van der Waals surface area contributed by atoms with E-state index in [9.17, 15) is 22.8 Å². The van der Waals surface area contributed by atoms with Gasteiger partial charge < -0.3 is 19.4 Å². The van der Waals surface area contributed by atoms with Gasteiger partial charge in [-0.15, -0.1) is 0 Å². The Bertz CT molecular complexity index is 1350.